The van der Waals surface area contributed by atoms with Crippen LogP contribution in [0.5, 0.6) is 0 Å². The molecule has 1 atom stereocenters. The van der Waals surface area contributed by atoms with Gasteiger partial charge in [-0.3, -0.25) is 0 Å². The van der Waals surface area contributed by atoms with Crippen molar-refractivity contribution in [1.29, 1.82) is 0 Å². The molecule has 1 aliphatic heterocycles. The average Bonchev–Trinajstić information content (AvgIpc) is 2.46. The van der Waals surface area contributed by atoms with E-state index in [1.807, 2.05) is 6.92 Å². The fourth-order valence-electron chi connectivity index (χ4n) is 3.15. The van der Waals surface area contributed by atoms with E-state index in [0.29, 0.717) is 5.41 Å². The number of aliphatic hydroxyl groups is 1. The Hall–Kier alpha value is -1.02. The summed E-state index contributed by atoms with van der Waals surface area (Å²) in [4.78, 5) is 2.48. The van der Waals surface area contributed by atoms with Crippen molar-refractivity contribution in [2.24, 2.45) is 11.3 Å². The van der Waals surface area contributed by atoms with Crippen molar-refractivity contribution in [2.75, 3.05) is 18.0 Å². The molecule has 1 aromatic rings. The highest BCUT2D eigenvalue weighted by Crippen LogP contribution is 2.35. The molecule has 2 rings (SSSR count). The monoisotopic (exact) mass is 275 g/mol. The smallest absolute Gasteiger partial charge is 0.0787 e. The van der Waals surface area contributed by atoms with Gasteiger partial charge < -0.3 is 10.0 Å². The van der Waals surface area contributed by atoms with E-state index in [4.69, 9.17) is 0 Å². The van der Waals surface area contributed by atoms with Gasteiger partial charge in [-0.1, -0.05) is 39.8 Å². The Balaban J connectivity index is 1.97. The largest absolute Gasteiger partial charge is 0.388 e. The van der Waals surface area contributed by atoms with Crippen molar-refractivity contribution in [3.8, 4) is 0 Å². The molecule has 0 radical (unpaired) electrons. The molecule has 1 fully saturated rings. The van der Waals surface area contributed by atoms with Gasteiger partial charge in [0.2, 0.25) is 0 Å². The Morgan fingerprint density at radius 1 is 1.15 bits per heavy atom. The molecule has 112 valence electrons. The number of aliphatic hydroxyl groups excluding tert-OH is 1. The minimum atomic E-state index is -0.323. The predicted molar refractivity (Wildman–Crippen MR) is 86.1 cm³/mol. The Morgan fingerprint density at radius 3 is 2.15 bits per heavy atom. The van der Waals surface area contributed by atoms with E-state index in [-0.39, 0.29) is 6.10 Å². The van der Waals surface area contributed by atoms with E-state index in [1.165, 1.54) is 18.5 Å². The molecule has 2 heteroatoms. The van der Waals surface area contributed by atoms with Crippen LogP contribution in [0, 0.1) is 11.3 Å². The Kier molecular flexibility index (Phi) is 4.74. The van der Waals surface area contributed by atoms with Gasteiger partial charge in [0.1, 0.15) is 0 Å². The zero-order valence-corrected chi connectivity index (χ0v) is 13.4. The summed E-state index contributed by atoms with van der Waals surface area (Å²) in [6, 6.07) is 8.45. The lowest BCUT2D eigenvalue weighted by molar-refractivity contribution is 0.173. The number of benzene rings is 1. The van der Waals surface area contributed by atoms with Crippen LogP contribution in [0.25, 0.3) is 0 Å². The van der Waals surface area contributed by atoms with E-state index in [0.717, 1.165) is 31.0 Å². The van der Waals surface area contributed by atoms with E-state index in [1.54, 1.807) is 0 Å². The lowest BCUT2D eigenvalue weighted by Crippen LogP contribution is -2.38. The van der Waals surface area contributed by atoms with Crippen molar-refractivity contribution >= 4 is 5.69 Å². The van der Waals surface area contributed by atoms with Crippen molar-refractivity contribution in [3.05, 3.63) is 29.8 Å². The quantitative estimate of drug-likeness (QED) is 0.884. The van der Waals surface area contributed by atoms with Crippen LogP contribution in [-0.4, -0.2) is 18.2 Å². The first-order valence-electron chi connectivity index (χ1n) is 7.94. The number of hydrogen-bond acceptors (Lipinski definition) is 2. The van der Waals surface area contributed by atoms with Gasteiger partial charge in [0.25, 0.3) is 0 Å². The molecule has 0 bridgehead atoms. The fraction of sp³-hybridized carbons (Fsp3) is 0.667. The summed E-state index contributed by atoms with van der Waals surface area (Å²) < 4.78 is 0. The maximum atomic E-state index is 9.84. The average molecular weight is 275 g/mol. The van der Waals surface area contributed by atoms with Gasteiger partial charge in [-0.05, 0) is 48.3 Å². The minimum Gasteiger partial charge on any atom is -0.388 e. The molecule has 2 nitrogen and oxygen atoms in total. The number of piperidine rings is 1. The maximum Gasteiger partial charge on any atom is 0.0787 e. The summed E-state index contributed by atoms with van der Waals surface area (Å²) in [5, 5.41) is 9.84. The minimum absolute atomic E-state index is 0.323. The van der Waals surface area contributed by atoms with Gasteiger partial charge in [-0.2, -0.15) is 0 Å². The van der Waals surface area contributed by atoms with Crippen molar-refractivity contribution in [1.82, 2.24) is 0 Å². The molecule has 1 aromatic carbocycles. The van der Waals surface area contributed by atoms with E-state index in [9.17, 15) is 5.11 Å². The molecule has 0 aromatic heterocycles. The van der Waals surface area contributed by atoms with E-state index >= 15 is 0 Å². The summed E-state index contributed by atoms with van der Waals surface area (Å²) in [6.07, 6.45) is 3.01. The molecule has 1 saturated heterocycles. The second-order valence-corrected chi connectivity index (χ2v) is 7.14. The number of nitrogens with zero attached hydrogens (tertiary/aromatic N) is 1. The van der Waals surface area contributed by atoms with Crippen LogP contribution in [0.2, 0.25) is 0 Å². The Morgan fingerprint density at radius 2 is 1.70 bits per heavy atom. The van der Waals surface area contributed by atoms with Crippen LogP contribution >= 0.6 is 0 Å². The zero-order chi connectivity index (χ0) is 14.8. The van der Waals surface area contributed by atoms with Crippen LogP contribution in [-0.2, 0) is 0 Å². The number of rotatable bonds is 3. The van der Waals surface area contributed by atoms with Crippen LogP contribution in [0.3, 0.4) is 0 Å². The van der Waals surface area contributed by atoms with Crippen molar-refractivity contribution < 1.29 is 5.11 Å². The molecule has 0 amide bonds. The van der Waals surface area contributed by atoms with Crippen molar-refractivity contribution in [3.63, 3.8) is 0 Å². The first-order chi connectivity index (χ1) is 9.41. The highest BCUT2D eigenvalue weighted by atomic mass is 16.3. The highest BCUT2D eigenvalue weighted by Gasteiger charge is 2.28. The standard InChI is InChI=1S/C18H29NO/c1-5-17(20)14-6-8-16(9-7-14)19-12-10-15(11-13-19)18(2,3)4/h6-9,15,17,20H,5,10-13H2,1-4H3/t17-/m1/s1. The summed E-state index contributed by atoms with van der Waals surface area (Å²) in [5.41, 5.74) is 2.76. The third-order valence-corrected chi connectivity index (χ3v) is 4.75. The number of anilines is 1. The second kappa shape index (κ2) is 6.17. The third-order valence-electron chi connectivity index (χ3n) is 4.75. The van der Waals surface area contributed by atoms with E-state index < -0.39 is 0 Å². The van der Waals surface area contributed by atoms with Gasteiger partial charge in [0.05, 0.1) is 6.10 Å². The predicted octanol–water partition coefficient (Wildman–Crippen LogP) is 4.39. The molecule has 0 saturated carbocycles. The van der Waals surface area contributed by atoms with Gasteiger partial charge >= 0.3 is 0 Å². The van der Waals surface area contributed by atoms with Gasteiger partial charge in [-0.15, -0.1) is 0 Å². The molecule has 1 N–H and O–H groups in total. The van der Waals surface area contributed by atoms with Crippen molar-refractivity contribution in [2.45, 2.75) is 53.1 Å². The summed E-state index contributed by atoms with van der Waals surface area (Å²) in [5.74, 6) is 0.833. The molecule has 1 heterocycles. The normalized spacial score (nSPS) is 19.1. The lowest BCUT2D eigenvalue weighted by atomic mass is 9.75. The fourth-order valence-corrected chi connectivity index (χ4v) is 3.15. The first-order valence-corrected chi connectivity index (χ1v) is 7.94. The second-order valence-electron chi connectivity index (χ2n) is 7.14. The zero-order valence-electron chi connectivity index (χ0n) is 13.4. The summed E-state index contributed by atoms with van der Waals surface area (Å²) in [6.45, 7) is 11.4. The Bertz CT molecular complexity index is 410. The molecule has 1 aliphatic rings. The van der Waals surface area contributed by atoms with E-state index in [2.05, 4.69) is 49.9 Å². The number of hydrogen-bond donors (Lipinski definition) is 1. The third kappa shape index (κ3) is 3.54. The molecular formula is C18H29NO. The molecule has 20 heavy (non-hydrogen) atoms. The van der Waals surface area contributed by atoms with Gasteiger partial charge in [0, 0.05) is 18.8 Å². The summed E-state index contributed by atoms with van der Waals surface area (Å²) in [7, 11) is 0. The molecule has 0 unspecified atom stereocenters. The van der Waals surface area contributed by atoms with Gasteiger partial charge in [0.15, 0.2) is 0 Å². The maximum absolute atomic E-state index is 9.84. The SMILES string of the molecule is CC[C@@H](O)c1ccc(N2CCC(C(C)(C)C)CC2)cc1. The molecule has 0 aliphatic carbocycles. The lowest BCUT2D eigenvalue weighted by Gasteiger charge is -2.39. The van der Waals surface area contributed by atoms with Gasteiger partial charge in [-0.25, -0.2) is 0 Å². The topological polar surface area (TPSA) is 23.5 Å². The Labute approximate surface area is 123 Å². The van der Waals surface area contributed by atoms with Crippen LogP contribution < -0.4 is 4.90 Å². The highest BCUT2D eigenvalue weighted by molar-refractivity contribution is 5.48. The first kappa shape index (κ1) is 15.4. The summed E-state index contributed by atoms with van der Waals surface area (Å²) >= 11 is 0. The van der Waals surface area contributed by atoms with Crippen LogP contribution in [0.1, 0.15) is 58.6 Å². The molecular weight excluding hydrogens is 246 g/mol. The van der Waals surface area contributed by atoms with Crippen LogP contribution in [0.15, 0.2) is 24.3 Å². The molecule has 0 spiro atoms. The van der Waals surface area contributed by atoms with Crippen LogP contribution in [0.4, 0.5) is 5.69 Å².